The molecule has 98 valence electrons. The fraction of sp³-hybridized carbons (Fsp3) is 0.250. The summed E-state index contributed by atoms with van der Waals surface area (Å²) in [7, 11) is 0. The first kappa shape index (κ1) is 13.2. The van der Waals surface area contributed by atoms with Gasteiger partial charge in [0.15, 0.2) is 0 Å². The minimum absolute atomic E-state index is 0.703. The highest BCUT2D eigenvalue weighted by Crippen LogP contribution is 2.29. The lowest BCUT2D eigenvalue weighted by molar-refractivity contribution is 0.689. The van der Waals surface area contributed by atoms with Crippen LogP contribution in [0.1, 0.15) is 18.4 Å². The minimum atomic E-state index is 0.703. The van der Waals surface area contributed by atoms with Crippen molar-refractivity contribution in [3.8, 4) is 11.1 Å². The van der Waals surface area contributed by atoms with E-state index in [0.717, 1.165) is 16.0 Å². The Morgan fingerprint density at radius 1 is 1.16 bits per heavy atom. The Morgan fingerprint density at radius 2 is 2.00 bits per heavy atom. The fourth-order valence-corrected chi connectivity index (χ4v) is 2.78. The number of nitrogens with one attached hydrogen (secondary N) is 1. The van der Waals surface area contributed by atoms with Gasteiger partial charge in [0.1, 0.15) is 0 Å². The van der Waals surface area contributed by atoms with Gasteiger partial charge in [0.25, 0.3) is 0 Å². The van der Waals surface area contributed by atoms with E-state index in [1.807, 2.05) is 12.1 Å². The van der Waals surface area contributed by atoms with E-state index in [1.54, 1.807) is 0 Å². The van der Waals surface area contributed by atoms with E-state index in [9.17, 15) is 0 Å². The summed E-state index contributed by atoms with van der Waals surface area (Å²) >= 11 is 9.66. The van der Waals surface area contributed by atoms with Crippen LogP contribution in [0.4, 0.5) is 0 Å². The third-order valence-electron chi connectivity index (χ3n) is 3.36. The van der Waals surface area contributed by atoms with Crippen LogP contribution >= 0.6 is 27.5 Å². The van der Waals surface area contributed by atoms with Crippen molar-refractivity contribution >= 4 is 27.5 Å². The van der Waals surface area contributed by atoms with Crippen molar-refractivity contribution in [2.75, 3.05) is 0 Å². The van der Waals surface area contributed by atoms with E-state index >= 15 is 0 Å². The maximum Gasteiger partial charge on any atom is 0.0409 e. The van der Waals surface area contributed by atoms with Gasteiger partial charge in [0.05, 0.1) is 0 Å². The third-order valence-corrected chi connectivity index (χ3v) is 4.09. The Hall–Kier alpha value is -0.830. The molecular weight excluding hydrogens is 322 g/mol. The van der Waals surface area contributed by atoms with Crippen molar-refractivity contribution in [1.82, 2.24) is 5.32 Å². The molecule has 0 bridgehead atoms. The molecular formula is C16H15BrClN. The number of halogens is 2. The van der Waals surface area contributed by atoms with Crippen molar-refractivity contribution < 1.29 is 0 Å². The highest BCUT2D eigenvalue weighted by Gasteiger charge is 2.20. The lowest BCUT2D eigenvalue weighted by Gasteiger charge is -2.11. The molecule has 0 aromatic heterocycles. The fourth-order valence-electron chi connectivity index (χ4n) is 2.19. The molecule has 0 amide bonds. The smallest absolute Gasteiger partial charge is 0.0409 e. The molecule has 0 unspecified atom stereocenters. The van der Waals surface area contributed by atoms with Crippen molar-refractivity contribution in [2.24, 2.45) is 0 Å². The molecule has 0 aliphatic heterocycles. The van der Waals surface area contributed by atoms with E-state index < -0.39 is 0 Å². The first-order valence-electron chi connectivity index (χ1n) is 6.50. The second-order valence-corrected chi connectivity index (χ2v) is 6.32. The van der Waals surface area contributed by atoms with E-state index in [0.29, 0.717) is 6.04 Å². The first-order valence-corrected chi connectivity index (χ1v) is 7.67. The number of rotatable bonds is 4. The van der Waals surface area contributed by atoms with Gasteiger partial charge < -0.3 is 5.32 Å². The van der Waals surface area contributed by atoms with Crippen molar-refractivity contribution in [1.29, 1.82) is 0 Å². The Balaban J connectivity index is 1.94. The molecule has 1 aliphatic rings. The number of benzene rings is 2. The highest BCUT2D eigenvalue weighted by molar-refractivity contribution is 9.10. The van der Waals surface area contributed by atoms with Crippen LogP contribution in [0.5, 0.6) is 0 Å². The normalized spacial score (nSPS) is 14.6. The monoisotopic (exact) mass is 335 g/mol. The average molecular weight is 337 g/mol. The van der Waals surface area contributed by atoms with E-state index in [4.69, 9.17) is 11.6 Å². The SMILES string of the molecule is Clc1ccc(-c2cccc(Br)c2)c(CNC2CC2)c1. The second kappa shape index (κ2) is 5.66. The van der Waals surface area contributed by atoms with Crippen molar-refractivity contribution in [2.45, 2.75) is 25.4 Å². The van der Waals surface area contributed by atoms with Gasteiger partial charge in [0, 0.05) is 22.1 Å². The van der Waals surface area contributed by atoms with Crippen LogP contribution in [-0.4, -0.2) is 6.04 Å². The molecule has 1 aliphatic carbocycles. The third kappa shape index (κ3) is 3.38. The molecule has 2 aromatic rings. The molecule has 0 atom stereocenters. The lowest BCUT2D eigenvalue weighted by Crippen LogP contribution is -2.15. The predicted octanol–water partition coefficient (Wildman–Crippen LogP) is 5.02. The van der Waals surface area contributed by atoms with Crippen LogP contribution in [0, 0.1) is 0 Å². The first-order chi connectivity index (χ1) is 9.22. The molecule has 3 rings (SSSR count). The Kier molecular flexibility index (Phi) is 3.92. The molecule has 2 aromatic carbocycles. The van der Waals surface area contributed by atoms with Gasteiger partial charge >= 0.3 is 0 Å². The number of hydrogen-bond acceptors (Lipinski definition) is 1. The zero-order chi connectivity index (χ0) is 13.2. The van der Waals surface area contributed by atoms with Gasteiger partial charge in [-0.15, -0.1) is 0 Å². The van der Waals surface area contributed by atoms with Crippen LogP contribution in [-0.2, 0) is 6.54 Å². The largest absolute Gasteiger partial charge is 0.310 e. The van der Waals surface area contributed by atoms with Crippen molar-refractivity contribution in [3.63, 3.8) is 0 Å². The summed E-state index contributed by atoms with van der Waals surface area (Å²) in [6.45, 7) is 0.882. The Bertz CT molecular complexity index is 593. The van der Waals surface area contributed by atoms with Gasteiger partial charge in [-0.05, 0) is 53.8 Å². The van der Waals surface area contributed by atoms with Crippen molar-refractivity contribution in [3.05, 3.63) is 57.5 Å². The zero-order valence-electron chi connectivity index (χ0n) is 10.5. The van der Waals surface area contributed by atoms with Gasteiger partial charge in [-0.2, -0.15) is 0 Å². The maximum atomic E-state index is 6.13. The summed E-state index contributed by atoms with van der Waals surface area (Å²) in [5.74, 6) is 0. The molecule has 0 saturated heterocycles. The van der Waals surface area contributed by atoms with E-state index in [1.165, 1.54) is 29.5 Å². The molecule has 19 heavy (non-hydrogen) atoms. The summed E-state index contributed by atoms with van der Waals surface area (Å²) in [4.78, 5) is 0. The van der Waals surface area contributed by atoms with Crippen LogP contribution in [0.25, 0.3) is 11.1 Å². The molecule has 0 spiro atoms. The minimum Gasteiger partial charge on any atom is -0.310 e. The summed E-state index contributed by atoms with van der Waals surface area (Å²) in [5.41, 5.74) is 3.73. The molecule has 1 nitrogen and oxygen atoms in total. The molecule has 3 heteroatoms. The topological polar surface area (TPSA) is 12.0 Å². The van der Waals surface area contributed by atoms with Crippen LogP contribution in [0.3, 0.4) is 0 Å². The molecule has 1 saturated carbocycles. The zero-order valence-corrected chi connectivity index (χ0v) is 12.8. The quantitative estimate of drug-likeness (QED) is 0.826. The molecule has 1 N–H and O–H groups in total. The van der Waals surface area contributed by atoms with Gasteiger partial charge in [0.2, 0.25) is 0 Å². The molecule has 1 fully saturated rings. The standard InChI is InChI=1S/C16H15BrClN/c17-13-3-1-2-11(8-13)16-7-4-14(18)9-12(16)10-19-15-5-6-15/h1-4,7-9,15,19H,5-6,10H2. The van der Waals surface area contributed by atoms with E-state index in [2.05, 4.69) is 51.6 Å². The average Bonchev–Trinajstić information content (AvgIpc) is 3.20. The predicted molar refractivity (Wildman–Crippen MR) is 84.4 cm³/mol. The van der Waals surface area contributed by atoms with Crippen LogP contribution in [0.2, 0.25) is 5.02 Å². The highest BCUT2D eigenvalue weighted by atomic mass is 79.9. The summed E-state index contributed by atoms with van der Waals surface area (Å²) in [6, 6.07) is 15.2. The van der Waals surface area contributed by atoms with Crippen LogP contribution < -0.4 is 5.32 Å². The lowest BCUT2D eigenvalue weighted by atomic mass is 10.00. The summed E-state index contributed by atoms with van der Waals surface area (Å²) < 4.78 is 1.10. The molecule has 0 heterocycles. The van der Waals surface area contributed by atoms with E-state index in [-0.39, 0.29) is 0 Å². The summed E-state index contributed by atoms with van der Waals surface area (Å²) in [6.07, 6.45) is 2.60. The van der Waals surface area contributed by atoms with Gasteiger partial charge in [-0.25, -0.2) is 0 Å². The molecule has 0 radical (unpaired) electrons. The number of hydrogen-bond donors (Lipinski definition) is 1. The van der Waals surface area contributed by atoms with Gasteiger partial charge in [-0.1, -0.05) is 45.7 Å². The maximum absolute atomic E-state index is 6.13. The summed E-state index contributed by atoms with van der Waals surface area (Å²) in [5, 5.41) is 4.35. The van der Waals surface area contributed by atoms with Gasteiger partial charge in [-0.3, -0.25) is 0 Å². The second-order valence-electron chi connectivity index (χ2n) is 4.97. The Labute approximate surface area is 127 Å². The van der Waals surface area contributed by atoms with Crippen LogP contribution in [0.15, 0.2) is 46.9 Å². The Morgan fingerprint density at radius 3 is 2.74 bits per heavy atom.